The fourth-order valence-corrected chi connectivity index (χ4v) is 1.99. The third-order valence-corrected chi connectivity index (χ3v) is 2.98. The molecule has 0 aromatic rings. The molecule has 2 nitrogen and oxygen atoms in total. The Bertz CT molecular complexity index is 119. The van der Waals surface area contributed by atoms with Gasteiger partial charge in [-0.1, -0.05) is 39.0 Å². The van der Waals surface area contributed by atoms with Crippen LogP contribution in [-0.2, 0) is 0 Å². The zero-order valence-electron chi connectivity index (χ0n) is 9.67. The Kier molecular flexibility index (Phi) is 7.06. The highest BCUT2D eigenvalue weighted by Gasteiger charge is 2.08. The van der Waals surface area contributed by atoms with Gasteiger partial charge in [0.05, 0.1) is 0 Å². The highest BCUT2D eigenvalue weighted by molar-refractivity contribution is 4.66. The van der Waals surface area contributed by atoms with Crippen molar-refractivity contribution in [2.24, 2.45) is 0 Å². The van der Waals surface area contributed by atoms with E-state index >= 15 is 0 Å². The van der Waals surface area contributed by atoms with Gasteiger partial charge in [-0.05, 0) is 13.0 Å². The van der Waals surface area contributed by atoms with Crippen molar-refractivity contribution in [2.45, 2.75) is 45.4 Å². The predicted molar refractivity (Wildman–Crippen MR) is 61.7 cm³/mol. The Hall–Kier alpha value is -0.0800. The van der Waals surface area contributed by atoms with Crippen LogP contribution < -0.4 is 5.32 Å². The van der Waals surface area contributed by atoms with E-state index in [9.17, 15) is 0 Å². The Morgan fingerprint density at radius 2 is 1.57 bits per heavy atom. The van der Waals surface area contributed by atoms with Gasteiger partial charge in [-0.15, -0.1) is 0 Å². The van der Waals surface area contributed by atoms with Gasteiger partial charge < -0.3 is 4.90 Å². The van der Waals surface area contributed by atoms with Gasteiger partial charge in [0.2, 0.25) is 0 Å². The zero-order valence-corrected chi connectivity index (χ0v) is 9.67. The van der Waals surface area contributed by atoms with E-state index in [0.29, 0.717) is 0 Å². The van der Waals surface area contributed by atoms with Gasteiger partial charge in [-0.25, -0.2) is 5.32 Å². The van der Waals surface area contributed by atoms with E-state index in [1.165, 1.54) is 58.2 Å². The number of unbranched alkanes of at least 4 members (excludes halogenated alkanes) is 5. The first-order valence-electron chi connectivity index (χ1n) is 6.29. The van der Waals surface area contributed by atoms with Crippen LogP contribution in [-0.4, -0.2) is 37.6 Å². The van der Waals surface area contributed by atoms with E-state index < -0.39 is 0 Å². The van der Waals surface area contributed by atoms with Crippen molar-refractivity contribution in [3.05, 3.63) is 0 Å². The molecule has 1 aliphatic heterocycles. The van der Waals surface area contributed by atoms with Crippen molar-refractivity contribution in [2.75, 3.05) is 32.7 Å². The van der Waals surface area contributed by atoms with Crippen LogP contribution in [0.2, 0.25) is 0 Å². The van der Waals surface area contributed by atoms with Crippen LogP contribution in [0.5, 0.6) is 0 Å². The maximum absolute atomic E-state index is 4.35. The summed E-state index contributed by atoms with van der Waals surface area (Å²) in [4.78, 5) is 2.56. The lowest BCUT2D eigenvalue weighted by molar-refractivity contribution is 0.233. The number of hydrogen-bond acceptors (Lipinski definition) is 1. The van der Waals surface area contributed by atoms with Crippen LogP contribution >= 0.6 is 0 Å². The van der Waals surface area contributed by atoms with Crippen LogP contribution in [0.25, 0.3) is 0 Å². The lowest BCUT2D eigenvalue weighted by Gasteiger charge is -2.26. The minimum absolute atomic E-state index is 1.07. The Morgan fingerprint density at radius 1 is 0.929 bits per heavy atom. The second kappa shape index (κ2) is 8.25. The molecule has 1 heterocycles. The molecular formula is C12H25N2. The van der Waals surface area contributed by atoms with Crippen molar-refractivity contribution >= 4 is 0 Å². The van der Waals surface area contributed by atoms with Crippen LogP contribution in [0, 0.1) is 0 Å². The first-order chi connectivity index (χ1) is 6.93. The number of rotatable bonds is 7. The van der Waals surface area contributed by atoms with Crippen LogP contribution in [0.4, 0.5) is 0 Å². The van der Waals surface area contributed by atoms with Gasteiger partial charge in [0.25, 0.3) is 0 Å². The van der Waals surface area contributed by atoms with Crippen molar-refractivity contribution in [1.29, 1.82) is 0 Å². The van der Waals surface area contributed by atoms with Crippen LogP contribution in [0.15, 0.2) is 0 Å². The minimum atomic E-state index is 1.07. The van der Waals surface area contributed by atoms with E-state index in [1.807, 2.05) is 0 Å². The second-order valence-corrected chi connectivity index (χ2v) is 4.28. The SMILES string of the molecule is CCCCCCCCN1CC[N]CC1. The van der Waals surface area contributed by atoms with E-state index in [4.69, 9.17) is 0 Å². The van der Waals surface area contributed by atoms with E-state index in [0.717, 1.165) is 13.1 Å². The first kappa shape index (κ1) is 12.0. The molecule has 0 aromatic heterocycles. The van der Waals surface area contributed by atoms with Gasteiger partial charge in [0.1, 0.15) is 0 Å². The average molecular weight is 197 g/mol. The third-order valence-electron chi connectivity index (χ3n) is 2.98. The Labute approximate surface area is 89.1 Å². The molecule has 2 heteroatoms. The summed E-state index contributed by atoms with van der Waals surface area (Å²) < 4.78 is 0. The lowest BCUT2D eigenvalue weighted by atomic mass is 10.1. The Morgan fingerprint density at radius 3 is 2.29 bits per heavy atom. The highest BCUT2D eigenvalue weighted by Crippen LogP contribution is 2.06. The number of nitrogens with zero attached hydrogens (tertiary/aromatic N) is 2. The first-order valence-corrected chi connectivity index (χ1v) is 6.29. The molecule has 1 saturated heterocycles. The van der Waals surface area contributed by atoms with Crippen molar-refractivity contribution in [3.63, 3.8) is 0 Å². The summed E-state index contributed by atoms with van der Waals surface area (Å²) in [6, 6.07) is 0. The summed E-state index contributed by atoms with van der Waals surface area (Å²) in [5.74, 6) is 0. The van der Waals surface area contributed by atoms with Gasteiger partial charge in [-0.3, -0.25) is 0 Å². The van der Waals surface area contributed by atoms with Crippen molar-refractivity contribution in [1.82, 2.24) is 10.2 Å². The number of hydrogen-bond donors (Lipinski definition) is 0. The third kappa shape index (κ3) is 5.61. The highest BCUT2D eigenvalue weighted by atomic mass is 15.2. The lowest BCUT2D eigenvalue weighted by Crippen LogP contribution is -2.40. The molecule has 0 bridgehead atoms. The molecule has 0 unspecified atom stereocenters. The molecule has 1 aliphatic rings. The van der Waals surface area contributed by atoms with Gasteiger partial charge in [0, 0.05) is 26.2 Å². The normalized spacial score (nSPS) is 18.6. The Balaban J connectivity index is 1.82. The molecule has 1 radical (unpaired) electrons. The van der Waals surface area contributed by atoms with Crippen LogP contribution in [0.3, 0.4) is 0 Å². The van der Waals surface area contributed by atoms with Crippen molar-refractivity contribution < 1.29 is 0 Å². The standard InChI is InChI=1S/C12H25N2/c1-2-3-4-5-6-7-10-14-11-8-13-9-12-14/h2-12H2,1H3. The molecular weight excluding hydrogens is 172 g/mol. The smallest absolute Gasteiger partial charge is 0.0261 e. The fourth-order valence-electron chi connectivity index (χ4n) is 1.99. The van der Waals surface area contributed by atoms with E-state index in [2.05, 4.69) is 17.1 Å². The molecule has 1 fully saturated rings. The summed E-state index contributed by atoms with van der Waals surface area (Å²) in [6.07, 6.45) is 8.46. The molecule has 0 aliphatic carbocycles. The largest absolute Gasteiger partial charge is 0.301 e. The van der Waals surface area contributed by atoms with Gasteiger partial charge >= 0.3 is 0 Å². The molecule has 0 N–H and O–H groups in total. The van der Waals surface area contributed by atoms with Crippen molar-refractivity contribution in [3.8, 4) is 0 Å². The zero-order chi connectivity index (χ0) is 10.1. The summed E-state index contributed by atoms with van der Waals surface area (Å²) in [6.45, 7) is 8.12. The summed E-state index contributed by atoms with van der Waals surface area (Å²) >= 11 is 0. The topological polar surface area (TPSA) is 17.3 Å². The minimum Gasteiger partial charge on any atom is -0.301 e. The molecule has 0 atom stereocenters. The summed E-state index contributed by atoms with van der Waals surface area (Å²) in [7, 11) is 0. The maximum Gasteiger partial charge on any atom is 0.0261 e. The monoisotopic (exact) mass is 197 g/mol. The summed E-state index contributed by atoms with van der Waals surface area (Å²) in [5, 5.41) is 4.35. The fraction of sp³-hybridized carbons (Fsp3) is 1.00. The second-order valence-electron chi connectivity index (χ2n) is 4.28. The maximum atomic E-state index is 4.35. The van der Waals surface area contributed by atoms with Gasteiger partial charge in [0.15, 0.2) is 0 Å². The molecule has 0 saturated carbocycles. The molecule has 0 aromatic carbocycles. The molecule has 0 amide bonds. The van der Waals surface area contributed by atoms with Crippen LogP contribution in [0.1, 0.15) is 45.4 Å². The van der Waals surface area contributed by atoms with E-state index in [1.54, 1.807) is 0 Å². The summed E-state index contributed by atoms with van der Waals surface area (Å²) in [5.41, 5.74) is 0. The quantitative estimate of drug-likeness (QED) is 0.572. The van der Waals surface area contributed by atoms with E-state index in [-0.39, 0.29) is 0 Å². The average Bonchev–Trinajstić information content (AvgIpc) is 2.25. The molecule has 14 heavy (non-hydrogen) atoms. The molecule has 1 rings (SSSR count). The molecule has 0 spiro atoms. The predicted octanol–water partition coefficient (Wildman–Crippen LogP) is 2.27. The molecule has 83 valence electrons. The van der Waals surface area contributed by atoms with Gasteiger partial charge in [-0.2, -0.15) is 0 Å². The number of piperazine rings is 1.